The minimum atomic E-state index is -0.0663. The van der Waals surface area contributed by atoms with Crippen molar-refractivity contribution < 1.29 is 4.79 Å². The van der Waals surface area contributed by atoms with Gasteiger partial charge >= 0.3 is 0 Å². The number of nitrogens with zero attached hydrogens (tertiary/aromatic N) is 2. The summed E-state index contributed by atoms with van der Waals surface area (Å²) in [5.41, 5.74) is 1.42. The number of hydrogen-bond acceptors (Lipinski definition) is 3. The summed E-state index contributed by atoms with van der Waals surface area (Å²) >= 11 is 0. The molecule has 1 rings (SSSR count). The molecule has 0 spiro atoms. The quantitative estimate of drug-likeness (QED) is 0.777. The van der Waals surface area contributed by atoms with Crippen LogP contribution in [0.2, 0.25) is 0 Å². The van der Waals surface area contributed by atoms with Crippen LogP contribution in [0.25, 0.3) is 0 Å². The van der Waals surface area contributed by atoms with Crippen molar-refractivity contribution in [3.05, 3.63) is 17.5 Å². The number of hydrogen-bond donors (Lipinski definition) is 2. The Kier molecular flexibility index (Phi) is 4.49. The van der Waals surface area contributed by atoms with Crippen molar-refractivity contribution in [2.45, 2.75) is 26.8 Å². The number of aryl methyl sites for hydroxylation is 1. The number of H-pyrrole nitrogens is 1. The average molecular weight is 224 g/mol. The molecule has 1 aromatic heterocycles. The third kappa shape index (κ3) is 3.34. The highest BCUT2D eigenvalue weighted by atomic mass is 16.1. The Labute approximate surface area is 96.2 Å². The van der Waals surface area contributed by atoms with Crippen LogP contribution in [-0.2, 0) is 0 Å². The van der Waals surface area contributed by atoms with Gasteiger partial charge in [0.2, 0.25) is 0 Å². The van der Waals surface area contributed by atoms with E-state index in [1.165, 1.54) is 0 Å². The van der Waals surface area contributed by atoms with Gasteiger partial charge in [-0.15, -0.1) is 0 Å². The van der Waals surface area contributed by atoms with E-state index in [1.54, 1.807) is 6.20 Å². The molecular weight excluding hydrogens is 204 g/mol. The van der Waals surface area contributed by atoms with Crippen LogP contribution >= 0.6 is 0 Å². The molecule has 1 amide bonds. The summed E-state index contributed by atoms with van der Waals surface area (Å²) in [6, 6.07) is 0.493. The molecule has 5 nitrogen and oxygen atoms in total. The summed E-state index contributed by atoms with van der Waals surface area (Å²) in [7, 11) is 2.04. The number of aromatic nitrogens is 2. The standard InChI is InChI=1S/C11H20N4O/c1-8(2)15(4)6-5-12-11(16)10-7-13-14-9(10)3/h7-8H,5-6H2,1-4H3,(H,12,16)(H,13,14). The second kappa shape index (κ2) is 5.65. The van der Waals surface area contributed by atoms with Gasteiger partial charge in [0, 0.05) is 24.8 Å². The molecule has 1 aromatic rings. The monoisotopic (exact) mass is 224 g/mol. The van der Waals surface area contributed by atoms with Gasteiger partial charge in [0.25, 0.3) is 5.91 Å². The summed E-state index contributed by atoms with van der Waals surface area (Å²) in [5, 5.41) is 9.43. The Morgan fingerprint density at radius 1 is 1.62 bits per heavy atom. The fourth-order valence-corrected chi connectivity index (χ4v) is 1.28. The van der Waals surface area contributed by atoms with E-state index in [9.17, 15) is 4.79 Å². The van der Waals surface area contributed by atoms with E-state index in [1.807, 2.05) is 14.0 Å². The molecule has 0 aromatic carbocycles. The Hall–Kier alpha value is -1.36. The fraction of sp³-hybridized carbons (Fsp3) is 0.636. The summed E-state index contributed by atoms with van der Waals surface area (Å²) < 4.78 is 0. The van der Waals surface area contributed by atoms with Crippen molar-refractivity contribution in [2.24, 2.45) is 0 Å². The second-order valence-electron chi connectivity index (χ2n) is 4.24. The fourth-order valence-electron chi connectivity index (χ4n) is 1.28. The highest BCUT2D eigenvalue weighted by molar-refractivity contribution is 5.94. The lowest BCUT2D eigenvalue weighted by molar-refractivity contribution is 0.0947. The van der Waals surface area contributed by atoms with E-state index in [2.05, 4.69) is 34.3 Å². The smallest absolute Gasteiger partial charge is 0.254 e. The van der Waals surface area contributed by atoms with Crippen LogP contribution < -0.4 is 5.32 Å². The molecule has 0 aliphatic heterocycles. The molecule has 2 N–H and O–H groups in total. The molecule has 0 atom stereocenters. The van der Waals surface area contributed by atoms with Crippen LogP contribution in [0.4, 0.5) is 0 Å². The molecule has 0 aliphatic rings. The van der Waals surface area contributed by atoms with Gasteiger partial charge in [-0.1, -0.05) is 0 Å². The average Bonchev–Trinajstić information content (AvgIpc) is 2.64. The minimum Gasteiger partial charge on any atom is -0.351 e. The highest BCUT2D eigenvalue weighted by Gasteiger charge is 2.10. The van der Waals surface area contributed by atoms with Crippen LogP contribution in [-0.4, -0.2) is 47.2 Å². The first-order valence-electron chi connectivity index (χ1n) is 5.50. The van der Waals surface area contributed by atoms with Gasteiger partial charge in [-0.2, -0.15) is 5.10 Å². The van der Waals surface area contributed by atoms with E-state index >= 15 is 0 Å². The van der Waals surface area contributed by atoms with Gasteiger partial charge in [-0.25, -0.2) is 0 Å². The number of carbonyl (C=O) groups is 1. The summed E-state index contributed by atoms with van der Waals surface area (Å²) in [4.78, 5) is 13.9. The van der Waals surface area contributed by atoms with Crippen LogP contribution in [0.3, 0.4) is 0 Å². The van der Waals surface area contributed by atoms with Gasteiger partial charge < -0.3 is 10.2 Å². The maximum atomic E-state index is 11.7. The third-order valence-electron chi connectivity index (χ3n) is 2.71. The molecule has 16 heavy (non-hydrogen) atoms. The zero-order valence-electron chi connectivity index (χ0n) is 10.4. The Morgan fingerprint density at radius 3 is 2.81 bits per heavy atom. The zero-order valence-corrected chi connectivity index (χ0v) is 10.4. The number of amides is 1. The number of rotatable bonds is 5. The number of carbonyl (C=O) groups excluding carboxylic acids is 1. The Bertz CT molecular complexity index is 346. The van der Waals surface area contributed by atoms with E-state index < -0.39 is 0 Å². The van der Waals surface area contributed by atoms with Crippen LogP contribution in [0.1, 0.15) is 29.9 Å². The van der Waals surface area contributed by atoms with Crippen molar-refractivity contribution >= 4 is 5.91 Å². The van der Waals surface area contributed by atoms with E-state index in [4.69, 9.17) is 0 Å². The molecule has 0 fully saturated rings. The number of likely N-dealkylation sites (N-methyl/N-ethyl adjacent to an activating group) is 1. The van der Waals surface area contributed by atoms with Gasteiger partial charge in [0.15, 0.2) is 0 Å². The maximum Gasteiger partial charge on any atom is 0.254 e. The van der Waals surface area contributed by atoms with Crippen molar-refractivity contribution in [1.29, 1.82) is 0 Å². The van der Waals surface area contributed by atoms with Crippen LogP contribution in [0.5, 0.6) is 0 Å². The molecular formula is C11H20N4O. The lowest BCUT2D eigenvalue weighted by Crippen LogP contribution is -2.36. The summed E-state index contributed by atoms with van der Waals surface area (Å²) in [6.45, 7) is 7.59. The first kappa shape index (κ1) is 12.7. The zero-order chi connectivity index (χ0) is 12.1. The highest BCUT2D eigenvalue weighted by Crippen LogP contribution is 2.01. The topological polar surface area (TPSA) is 61.0 Å². The van der Waals surface area contributed by atoms with Crippen molar-refractivity contribution in [2.75, 3.05) is 20.1 Å². The predicted molar refractivity (Wildman–Crippen MR) is 63.4 cm³/mol. The molecule has 0 saturated heterocycles. The lowest BCUT2D eigenvalue weighted by Gasteiger charge is -2.20. The molecule has 0 saturated carbocycles. The predicted octanol–water partition coefficient (Wildman–Crippen LogP) is 0.788. The summed E-state index contributed by atoms with van der Waals surface area (Å²) in [5.74, 6) is -0.0663. The van der Waals surface area contributed by atoms with Crippen LogP contribution in [0.15, 0.2) is 6.20 Å². The SMILES string of the molecule is Cc1[nH]ncc1C(=O)NCCN(C)C(C)C. The van der Waals surface area contributed by atoms with Crippen molar-refractivity contribution in [3.8, 4) is 0 Å². The molecule has 90 valence electrons. The number of nitrogens with one attached hydrogen (secondary N) is 2. The molecule has 5 heteroatoms. The van der Waals surface area contributed by atoms with E-state index in [-0.39, 0.29) is 5.91 Å². The molecule has 0 unspecified atom stereocenters. The number of aromatic amines is 1. The Morgan fingerprint density at radius 2 is 2.31 bits per heavy atom. The van der Waals surface area contributed by atoms with Gasteiger partial charge in [-0.05, 0) is 27.8 Å². The molecule has 0 radical (unpaired) electrons. The van der Waals surface area contributed by atoms with E-state index in [0.717, 1.165) is 12.2 Å². The first-order valence-corrected chi connectivity index (χ1v) is 5.50. The molecule has 0 bridgehead atoms. The lowest BCUT2D eigenvalue weighted by atomic mass is 10.2. The second-order valence-corrected chi connectivity index (χ2v) is 4.24. The maximum absolute atomic E-state index is 11.7. The van der Waals surface area contributed by atoms with Gasteiger partial charge in [0.1, 0.15) is 0 Å². The molecule has 0 aliphatic carbocycles. The summed E-state index contributed by atoms with van der Waals surface area (Å²) in [6.07, 6.45) is 1.55. The van der Waals surface area contributed by atoms with Gasteiger partial charge in [0.05, 0.1) is 11.8 Å². The third-order valence-corrected chi connectivity index (χ3v) is 2.71. The molecule has 1 heterocycles. The largest absolute Gasteiger partial charge is 0.351 e. The minimum absolute atomic E-state index is 0.0663. The van der Waals surface area contributed by atoms with E-state index in [0.29, 0.717) is 18.2 Å². The van der Waals surface area contributed by atoms with Gasteiger partial charge in [-0.3, -0.25) is 9.89 Å². The van der Waals surface area contributed by atoms with Crippen molar-refractivity contribution in [3.63, 3.8) is 0 Å². The van der Waals surface area contributed by atoms with Crippen molar-refractivity contribution in [1.82, 2.24) is 20.4 Å². The first-order chi connectivity index (χ1) is 7.52. The van der Waals surface area contributed by atoms with Crippen LogP contribution in [0, 0.1) is 6.92 Å². The Balaban J connectivity index is 2.34. The normalized spacial score (nSPS) is 11.1.